The number of anilines is 1. The van der Waals surface area contributed by atoms with Crippen LogP contribution in [0.3, 0.4) is 0 Å². The number of para-hydroxylation sites is 1. The zero-order chi connectivity index (χ0) is 13.9. The molecule has 0 spiro atoms. The van der Waals surface area contributed by atoms with E-state index in [-0.39, 0.29) is 12.5 Å². The number of rotatable bonds is 9. The van der Waals surface area contributed by atoms with Crippen LogP contribution in [0, 0.1) is 0 Å². The number of benzene rings is 1. The van der Waals surface area contributed by atoms with Crippen LogP contribution in [0.1, 0.15) is 6.42 Å². The van der Waals surface area contributed by atoms with E-state index < -0.39 is 0 Å². The molecule has 0 unspecified atom stereocenters. The third-order valence-electron chi connectivity index (χ3n) is 2.61. The molecule has 5 nitrogen and oxygen atoms in total. The molecule has 0 aliphatic carbocycles. The second-order valence-corrected chi connectivity index (χ2v) is 4.07. The van der Waals surface area contributed by atoms with Crippen molar-refractivity contribution in [3.63, 3.8) is 0 Å². The monoisotopic (exact) mass is 266 g/mol. The van der Waals surface area contributed by atoms with Gasteiger partial charge in [0.15, 0.2) is 0 Å². The van der Waals surface area contributed by atoms with E-state index in [0.717, 1.165) is 12.1 Å². The lowest BCUT2D eigenvalue weighted by molar-refractivity contribution is -0.123. The number of carbonyl (C=O) groups excluding carboxylic acids is 1. The van der Waals surface area contributed by atoms with E-state index in [4.69, 9.17) is 15.2 Å². The number of amides is 1. The summed E-state index contributed by atoms with van der Waals surface area (Å²) in [6.07, 6.45) is 0.763. The van der Waals surface area contributed by atoms with E-state index in [2.05, 4.69) is 0 Å². The van der Waals surface area contributed by atoms with Gasteiger partial charge in [-0.05, 0) is 25.1 Å². The summed E-state index contributed by atoms with van der Waals surface area (Å²) in [5.41, 5.74) is 6.38. The number of ether oxygens (including phenoxy) is 2. The van der Waals surface area contributed by atoms with Crippen LogP contribution in [0.4, 0.5) is 5.69 Å². The summed E-state index contributed by atoms with van der Waals surface area (Å²) in [6, 6.07) is 9.55. The van der Waals surface area contributed by atoms with E-state index in [9.17, 15) is 4.79 Å². The molecule has 1 aromatic rings. The normalized spacial score (nSPS) is 10.4. The summed E-state index contributed by atoms with van der Waals surface area (Å²) in [6.45, 7) is 2.13. The number of nitrogens with two attached hydrogens (primary N) is 1. The lowest BCUT2D eigenvalue weighted by Crippen LogP contribution is -2.36. The van der Waals surface area contributed by atoms with Crippen molar-refractivity contribution in [2.75, 3.05) is 44.9 Å². The minimum Gasteiger partial charge on any atom is -0.382 e. The Morgan fingerprint density at radius 3 is 2.63 bits per heavy atom. The summed E-state index contributed by atoms with van der Waals surface area (Å²) in [7, 11) is 1.60. The van der Waals surface area contributed by atoms with Crippen molar-refractivity contribution in [3.05, 3.63) is 30.3 Å². The second kappa shape index (κ2) is 9.49. The van der Waals surface area contributed by atoms with Crippen LogP contribution < -0.4 is 10.6 Å². The minimum atomic E-state index is -0.0595. The predicted octanol–water partition coefficient (Wildman–Crippen LogP) is 1.03. The summed E-state index contributed by atoms with van der Waals surface area (Å²) in [4.78, 5) is 13.8. The maximum Gasteiger partial charge on any atom is 0.252 e. The van der Waals surface area contributed by atoms with Crippen LogP contribution in [0.25, 0.3) is 0 Å². The minimum absolute atomic E-state index is 0.0584. The highest BCUT2D eigenvalue weighted by Gasteiger charge is 2.14. The second-order valence-electron chi connectivity index (χ2n) is 4.07. The molecular weight excluding hydrogens is 244 g/mol. The predicted molar refractivity (Wildman–Crippen MR) is 75.2 cm³/mol. The van der Waals surface area contributed by atoms with Gasteiger partial charge in [0.05, 0.1) is 13.2 Å². The first-order valence-electron chi connectivity index (χ1n) is 6.41. The van der Waals surface area contributed by atoms with Crippen molar-refractivity contribution in [1.82, 2.24) is 0 Å². The average molecular weight is 266 g/mol. The van der Waals surface area contributed by atoms with E-state index in [0.29, 0.717) is 26.3 Å². The zero-order valence-corrected chi connectivity index (χ0v) is 11.4. The molecule has 1 rings (SSSR count). The van der Waals surface area contributed by atoms with Crippen molar-refractivity contribution >= 4 is 11.6 Å². The number of methoxy groups -OCH3 is 1. The van der Waals surface area contributed by atoms with E-state index in [1.165, 1.54) is 0 Å². The van der Waals surface area contributed by atoms with Gasteiger partial charge in [0.25, 0.3) is 5.91 Å². The van der Waals surface area contributed by atoms with Gasteiger partial charge in [0, 0.05) is 19.3 Å². The fraction of sp³-hybridized carbons (Fsp3) is 0.500. The molecule has 0 heterocycles. The molecule has 0 aliphatic heterocycles. The van der Waals surface area contributed by atoms with Gasteiger partial charge in [-0.15, -0.1) is 0 Å². The Bertz CT molecular complexity index is 357. The molecule has 0 saturated carbocycles. The average Bonchev–Trinajstić information content (AvgIpc) is 2.45. The first-order valence-corrected chi connectivity index (χ1v) is 6.41. The third-order valence-corrected chi connectivity index (χ3v) is 2.61. The molecule has 2 N–H and O–H groups in total. The largest absolute Gasteiger partial charge is 0.382 e. The van der Waals surface area contributed by atoms with Crippen LogP contribution in [-0.4, -0.2) is 45.9 Å². The fourth-order valence-corrected chi connectivity index (χ4v) is 1.63. The quantitative estimate of drug-likeness (QED) is 0.678. The van der Waals surface area contributed by atoms with Gasteiger partial charge in [-0.25, -0.2) is 0 Å². The topological polar surface area (TPSA) is 64.8 Å². The Balaban J connectivity index is 2.55. The van der Waals surface area contributed by atoms with Gasteiger partial charge < -0.3 is 20.1 Å². The van der Waals surface area contributed by atoms with Gasteiger partial charge >= 0.3 is 0 Å². The SMILES string of the molecule is COCCOCC(=O)N(CCCN)c1ccccc1. The van der Waals surface area contributed by atoms with E-state index in [1.54, 1.807) is 12.0 Å². The molecule has 0 atom stereocenters. The van der Waals surface area contributed by atoms with Crippen molar-refractivity contribution in [1.29, 1.82) is 0 Å². The van der Waals surface area contributed by atoms with Gasteiger partial charge in [0.2, 0.25) is 0 Å². The highest BCUT2D eigenvalue weighted by Crippen LogP contribution is 2.13. The first-order chi connectivity index (χ1) is 9.29. The van der Waals surface area contributed by atoms with Crippen molar-refractivity contribution in [2.24, 2.45) is 5.73 Å². The van der Waals surface area contributed by atoms with Gasteiger partial charge in [-0.3, -0.25) is 4.79 Å². The number of carbonyl (C=O) groups is 1. The van der Waals surface area contributed by atoms with Gasteiger partial charge in [0.1, 0.15) is 6.61 Å². The maximum atomic E-state index is 12.1. The molecule has 1 aromatic carbocycles. The molecule has 0 fully saturated rings. The highest BCUT2D eigenvalue weighted by atomic mass is 16.5. The Kier molecular flexibility index (Phi) is 7.81. The molecule has 5 heteroatoms. The number of hydrogen-bond acceptors (Lipinski definition) is 4. The lowest BCUT2D eigenvalue weighted by atomic mass is 10.2. The molecule has 0 aliphatic rings. The van der Waals surface area contributed by atoms with Crippen LogP contribution in [0.2, 0.25) is 0 Å². The standard InChI is InChI=1S/C14H22N2O3/c1-18-10-11-19-12-14(17)16(9-5-8-15)13-6-3-2-4-7-13/h2-4,6-7H,5,8-12,15H2,1H3. The highest BCUT2D eigenvalue weighted by molar-refractivity contribution is 5.94. The Hall–Kier alpha value is -1.43. The van der Waals surface area contributed by atoms with Crippen molar-refractivity contribution in [2.45, 2.75) is 6.42 Å². The molecule has 0 bridgehead atoms. The zero-order valence-electron chi connectivity index (χ0n) is 11.4. The van der Waals surface area contributed by atoms with Crippen LogP contribution >= 0.6 is 0 Å². The molecule has 1 amide bonds. The third kappa shape index (κ3) is 5.83. The smallest absolute Gasteiger partial charge is 0.252 e. The maximum absolute atomic E-state index is 12.1. The molecule has 19 heavy (non-hydrogen) atoms. The molecule has 0 aromatic heterocycles. The lowest BCUT2D eigenvalue weighted by Gasteiger charge is -2.22. The summed E-state index contributed by atoms with van der Waals surface area (Å²) < 4.78 is 10.1. The van der Waals surface area contributed by atoms with E-state index >= 15 is 0 Å². The summed E-state index contributed by atoms with van der Waals surface area (Å²) >= 11 is 0. The number of hydrogen-bond donors (Lipinski definition) is 1. The molecule has 0 saturated heterocycles. The Labute approximate surface area is 114 Å². The Morgan fingerprint density at radius 1 is 1.26 bits per heavy atom. The fourth-order valence-electron chi connectivity index (χ4n) is 1.63. The van der Waals surface area contributed by atoms with Gasteiger partial charge in [-0.2, -0.15) is 0 Å². The Morgan fingerprint density at radius 2 is 2.00 bits per heavy atom. The summed E-state index contributed by atoms with van der Waals surface area (Å²) in [5, 5.41) is 0. The van der Waals surface area contributed by atoms with Gasteiger partial charge in [-0.1, -0.05) is 18.2 Å². The summed E-state index contributed by atoms with van der Waals surface area (Å²) in [5.74, 6) is -0.0595. The first kappa shape index (κ1) is 15.6. The van der Waals surface area contributed by atoms with Crippen molar-refractivity contribution in [3.8, 4) is 0 Å². The number of nitrogens with zero attached hydrogens (tertiary/aromatic N) is 1. The molecule has 106 valence electrons. The van der Waals surface area contributed by atoms with Crippen LogP contribution in [-0.2, 0) is 14.3 Å². The molecule has 0 radical (unpaired) electrons. The molecular formula is C14H22N2O3. The van der Waals surface area contributed by atoms with Crippen LogP contribution in [0.15, 0.2) is 30.3 Å². The van der Waals surface area contributed by atoms with Crippen LogP contribution in [0.5, 0.6) is 0 Å². The van der Waals surface area contributed by atoms with Crippen molar-refractivity contribution < 1.29 is 14.3 Å². The van der Waals surface area contributed by atoms with E-state index in [1.807, 2.05) is 30.3 Å².